The molecule has 0 saturated carbocycles. The lowest BCUT2D eigenvalue weighted by Crippen LogP contribution is -2.65. The number of nitrogens with one attached hydrogen (secondary N) is 1. The first kappa shape index (κ1) is 43.5. The summed E-state index contributed by atoms with van der Waals surface area (Å²) in [5, 5.41) is 8.07. The van der Waals surface area contributed by atoms with E-state index in [2.05, 4.69) is 11.9 Å². The summed E-state index contributed by atoms with van der Waals surface area (Å²) in [6, 6.07) is 29.2. The van der Waals surface area contributed by atoms with Gasteiger partial charge in [-0.2, -0.15) is 5.01 Å². The third kappa shape index (κ3) is 12.1. The number of ether oxygens (including phenoxy) is 3. The van der Waals surface area contributed by atoms with Crippen LogP contribution in [0, 0.1) is 0 Å². The van der Waals surface area contributed by atoms with Gasteiger partial charge in [-0.3, -0.25) is 14.6 Å². The predicted octanol–water partition coefficient (Wildman–Crippen LogP) is 7.23. The molecule has 300 valence electrons. The lowest BCUT2D eigenvalue weighted by atomic mass is 9.99. The fraction of sp³-hybridized carbons (Fsp3) is 0.400. The zero-order chi connectivity index (χ0) is 40.9. The number of urea groups is 1. The SMILES string of the molecule is C=CCN(N(Cc1ccccc1)C(N)=O)C(C)(C)C(=O)N[C@@H](Cc1ccc(OC(C)(C)C)cc1)C(=O)N(Cc1cccc2ccccc12)CC(OCC)OCC. The van der Waals surface area contributed by atoms with Crippen LogP contribution in [0.2, 0.25) is 0 Å². The van der Waals surface area contributed by atoms with Gasteiger partial charge in [0.05, 0.1) is 13.1 Å². The van der Waals surface area contributed by atoms with Gasteiger partial charge in [-0.15, -0.1) is 6.58 Å². The first-order valence-electron chi connectivity index (χ1n) is 19.2. The second-order valence-electron chi connectivity index (χ2n) is 15.1. The Balaban J connectivity index is 1.76. The molecule has 3 N–H and O–H groups in total. The monoisotopic (exact) mass is 765 g/mol. The number of carbonyl (C=O) groups excluding carboxylic acids is 3. The van der Waals surface area contributed by atoms with Crippen molar-refractivity contribution < 1.29 is 28.6 Å². The largest absolute Gasteiger partial charge is 0.488 e. The molecule has 0 unspecified atom stereocenters. The van der Waals surface area contributed by atoms with Gasteiger partial charge < -0.3 is 30.2 Å². The summed E-state index contributed by atoms with van der Waals surface area (Å²) in [5.41, 5.74) is 6.75. The fourth-order valence-electron chi connectivity index (χ4n) is 6.52. The van der Waals surface area contributed by atoms with Crippen LogP contribution in [0.1, 0.15) is 65.2 Å². The van der Waals surface area contributed by atoms with Crippen molar-refractivity contribution in [3.63, 3.8) is 0 Å². The van der Waals surface area contributed by atoms with E-state index in [9.17, 15) is 9.59 Å². The number of nitrogens with zero attached hydrogens (tertiary/aromatic N) is 3. The van der Waals surface area contributed by atoms with Crippen molar-refractivity contribution in [3.05, 3.63) is 126 Å². The summed E-state index contributed by atoms with van der Waals surface area (Å²) in [7, 11) is 0. The molecule has 11 nitrogen and oxygen atoms in total. The van der Waals surface area contributed by atoms with Gasteiger partial charge >= 0.3 is 6.03 Å². The summed E-state index contributed by atoms with van der Waals surface area (Å²) >= 11 is 0. The highest BCUT2D eigenvalue weighted by atomic mass is 16.7. The normalized spacial score (nSPS) is 12.4. The van der Waals surface area contributed by atoms with E-state index in [0.29, 0.717) is 19.0 Å². The molecule has 11 heteroatoms. The van der Waals surface area contributed by atoms with Crippen molar-refractivity contribution in [2.75, 3.05) is 26.3 Å². The highest BCUT2D eigenvalue weighted by Gasteiger charge is 2.41. The van der Waals surface area contributed by atoms with Gasteiger partial charge in [0.1, 0.15) is 22.9 Å². The minimum absolute atomic E-state index is 0.118. The highest BCUT2D eigenvalue weighted by Crippen LogP contribution is 2.25. The van der Waals surface area contributed by atoms with Crippen molar-refractivity contribution in [2.45, 2.75) is 91.4 Å². The van der Waals surface area contributed by atoms with Gasteiger partial charge in [0.25, 0.3) is 0 Å². The summed E-state index contributed by atoms with van der Waals surface area (Å²) < 4.78 is 17.9. The van der Waals surface area contributed by atoms with Crippen LogP contribution in [0.15, 0.2) is 110 Å². The van der Waals surface area contributed by atoms with Crippen LogP contribution in [0.3, 0.4) is 0 Å². The predicted molar refractivity (Wildman–Crippen MR) is 221 cm³/mol. The number of hydrogen-bond acceptors (Lipinski definition) is 7. The number of hydrazine groups is 1. The molecule has 0 radical (unpaired) electrons. The van der Waals surface area contributed by atoms with Gasteiger partial charge in [-0.25, -0.2) is 4.79 Å². The van der Waals surface area contributed by atoms with Crippen molar-refractivity contribution in [3.8, 4) is 5.75 Å². The van der Waals surface area contributed by atoms with E-state index in [1.54, 1.807) is 29.8 Å². The van der Waals surface area contributed by atoms with Gasteiger partial charge in [-0.05, 0) is 88.1 Å². The van der Waals surface area contributed by atoms with Crippen LogP contribution in [0.5, 0.6) is 5.75 Å². The first-order chi connectivity index (χ1) is 26.7. The first-order valence-corrected chi connectivity index (χ1v) is 19.2. The number of amides is 4. The van der Waals surface area contributed by atoms with Crippen LogP contribution < -0.4 is 15.8 Å². The second-order valence-corrected chi connectivity index (χ2v) is 15.1. The van der Waals surface area contributed by atoms with Gasteiger partial charge in [0.2, 0.25) is 11.8 Å². The molecular weight excluding hydrogens is 707 g/mol. The molecule has 0 spiro atoms. The molecule has 0 aromatic heterocycles. The van der Waals surface area contributed by atoms with Crippen LogP contribution in [0.25, 0.3) is 10.8 Å². The van der Waals surface area contributed by atoms with E-state index in [1.807, 2.05) is 132 Å². The Bertz CT molecular complexity index is 1880. The number of fused-ring (bicyclic) bond motifs is 1. The van der Waals surface area contributed by atoms with Crippen LogP contribution in [-0.2, 0) is 38.6 Å². The number of rotatable bonds is 20. The number of nitrogens with two attached hydrogens (primary N) is 1. The van der Waals surface area contributed by atoms with Gasteiger partial charge in [0.15, 0.2) is 6.29 Å². The molecule has 0 fully saturated rings. The maximum absolute atomic E-state index is 15.1. The summed E-state index contributed by atoms with van der Waals surface area (Å²) in [6.45, 7) is 18.3. The zero-order valence-corrected chi connectivity index (χ0v) is 34.0. The third-order valence-corrected chi connectivity index (χ3v) is 9.24. The number of hydrogen-bond donors (Lipinski definition) is 2. The van der Waals surface area contributed by atoms with E-state index in [0.717, 1.165) is 27.5 Å². The Morgan fingerprint density at radius 3 is 2.04 bits per heavy atom. The van der Waals surface area contributed by atoms with Crippen molar-refractivity contribution >= 4 is 28.6 Å². The van der Waals surface area contributed by atoms with Crippen molar-refractivity contribution in [2.24, 2.45) is 5.73 Å². The van der Waals surface area contributed by atoms with Crippen LogP contribution >= 0.6 is 0 Å². The minimum atomic E-state index is -1.37. The standard InChI is InChI=1S/C45H59N5O6/c1-9-28-50(49(43(46)53)30-34-18-13-12-14-19-34)45(7,8)42(52)47-39(29-33-24-26-37(27-25-33)56-44(4,5)6)41(51)48(32-40(54-10-2)55-11-3)31-36-22-17-21-35-20-15-16-23-38(35)36/h9,12-27,39-40H,1,10-11,28-32H2,2-8H3,(H2,46,53)(H,47,52)/t39-/m0/s1. The maximum Gasteiger partial charge on any atom is 0.329 e. The molecule has 56 heavy (non-hydrogen) atoms. The Hall–Kier alpha value is -5.23. The fourth-order valence-corrected chi connectivity index (χ4v) is 6.52. The zero-order valence-electron chi connectivity index (χ0n) is 34.0. The van der Waals surface area contributed by atoms with Gasteiger partial charge in [0, 0.05) is 32.7 Å². The van der Waals surface area contributed by atoms with E-state index in [-0.39, 0.29) is 38.5 Å². The third-order valence-electron chi connectivity index (χ3n) is 9.24. The molecule has 0 aliphatic rings. The average Bonchev–Trinajstić information content (AvgIpc) is 3.16. The topological polar surface area (TPSA) is 127 Å². The van der Waals surface area contributed by atoms with E-state index in [4.69, 9.17) is 19.9 Å². The lowest BCUT2D eigenvalue weighted by molar-refractivity contribution is -0.162. The molecule has 4 aromatic rings. The molecule has 0 saturated heterocycles. The maximum atomic E-state index is 15.1. The molecule has 4 rings (SSSR count). The highest BCUT2D eigenvalue weighted by molar-refractivity contribution is 5.92. The number of primary amides is 1. The molecule has 4 amide bonds. The van der Waals surface area contributed by atoms with Crippen molar-refractivity contribution in [1.82, 2.24) is 20.2 Å². The van der Waals surface area contributed by atoms with Gasteiger partial charge in [-0.1, -0.05) is 91.0 Å². The number of carbonyl (C=O) groups is 3. The van der Waals surface area contributed by atoms with Crippen molar-refractivity contribution in [1.29, 1.82) is 0 Å². The molecule has 0 bridgehead atoms. The summed E-state index contributed by atoms with van der Waals surface area (Å²) in [4.78, 5) is 44.4. The van der Waals surface area contributed by atoms with E-state index < -0.39 is 35.4 Å². The molecule has 0 heterocycles. The summed E-state index contributed by atoms with van der Waals surface area (Å²) in [5.74, 6) is -0.123. The second kappa shape index (κ2) is 20.1. The molecule has 1 atom stereocenters. The Kier molecular flexibility index (Phi) is 15.6. The summed E-state index contributed by atoms with van der Waals surface area (Å²) in [6.07, 6.45) is 1.07. The molecular formula is C45H59N5O6. The van der Waals surface area contributed by atoms with Crippen LogP contribution in [0.4, 0.5) is 4.79 Å². The minimum Gasteiger partial charge on any atom is -0.488 e. The average molecular weight is 766 g/mol. The Morgan fingerprint density at radius 1 is 0.804 bits per heavy atom. The van der Waals surface area contributed by atoms with E-state index in [1.165, 1.54) is 5.01 Å². The molecule has 0 aliphatic heterocycles. The Labute approximate surface area is 332 Å². The quantitative estimate of drug-likeness (QED) is 0.0552. The lowest BCUT2D eigenvalue weighted by Gasteiger charge is -2.43. The molecule has 4 aromatic carbocycles. The smallest absolute Gasteiger partial charge is 0.329 e. The number of benzene rings is 4. The Morgan fingerprint density at radius 2 is 1.43 bits per heavy atom. The van der Waals surface area contributed by atoms with Crippen LogP contribution in [-0.4, -0.2) is 82.5 Å². The molecule has 0 aliphatic carbocycles. The van der Waals surface area contributed by atoms with E-state index >= 15 is 4.79 Å².